The normalized spacial score (nSPS) is 24.1. The van der Waals surface area contributed by atoms with Gasteiger partial charge in [-0.1, -0.05) is 32.0 Å². The molecule has 1 aliphatic rings. The molecule has 0 saturated carbocycles. The average molecular weight is 277 g/mol. The third-order valence-corrected chi connectivity index (χ3v) is 3.24. The van der Waals surface area contributed by atoms with Crippen molar-refractivity contribution in [1.29, 1.82) is 0 Å². The highest BCUT2D eigenvalue weighted by Gasteiger charge is 2.41. The number of nitrogens with zero attached hydrogens (tertiary/aromatic N) is 1. The molecular weight excluding hydrogens is 257 g/mol. The van der Waals surface area contributed by atoms with Crippen LogP contribution in [0.1, 0.15) is 26.3 Å². The predicted octanol–water partition coefficient (Wildman–Crippen LogP) is 1.86. The molecule has 1 fully saturated rings. The Hall–Kier alpha value is -1.91. The molecule has 2 rings (SSSR count). The molecule has 0 spiro atoms. The number of hydrogen-bond donors (Lipinski definition) is 2. The van der Waals surface area contributed by atoms with Gasteiger partial charge in [0.1, 0.15) is 11.4 Å². The highest BCUT2D eigenvalue weighted by atomic mass is 19.1. The summed E-state index contributed by atoms with van der Waals surface area (Å²) in [6.45, 7) is 6.50. The van der Waals surface area contributed by atoms with Gasteiger partial charge in [0.2, 0.25) is 0 Å². The summed E-state index contributed by atoms with van der Waals surface area (Å²) in [6.07, 6.45) is 0.284. The number of guanidine groups is 1. The van der Waals surface area contributed by atoms with Crippen LogP contribution in [0.3, 0.4) is 0 Å². The van der Waals surface area contributed by atoms with E-state index < -0.39 is 5.54 Å². The van der Waals surface area contributed by atoms with Gasteiger partial charge in [0.15, 0.2) is 5.96 Å². The van der Waals surface area contributed by atoms with Crippen molar-refractivity contribution in [3.8, 4) is 0 Å². The van der Waals surface area contributed by atoms with Gasteiger partial charge in [-0.3, -0.25) is 15.1 Å². The smallest absolute Gasteiger partial charge is 0.252 e. The molecule has 5 heteroatoms. The molecule has 2 N–H and O–H groups in total. The van der Waals surface area contributed by atoms with E-state index in [0.29, 0.717) is 24.0 Å². The number of rotatable bonds is 4. The molecule has 1 aromatic carbocycles. The number of carbonyl (C=O) groups excluding carboxylic acids is 1. The maximum absolute atomic E-state index is 13.7. The van der Waals surface area contributed by atoms with Crippen molar-refractivity contribution in [2.45, 2.75) is 32.7 Å². The quantitative estimate of drug-likeness (QED) is 0.882. The molecule has 1 saturated heterocycles. The van der Waals surface area contributed by atoms with Crippen LogP contribution in [0.2, 0.25) is 0 Å². The first-order chi connectivity index (χ1) is 9.40. The van der Waals surface area contributed by atoms with Crippen LogP contribution < -0.4 is 10.6 Å². The van der Waals surface area contributed by atoms with Gasteiger partial charge in [0.25, 0.3) is 5.91 Å². The minimum atomic E-state index is -0.863. The van der Waals surface area contributed by atoms with Crippen LogP contribution in [0.15, 0.2) is 29.3 Å². The Morgan fingerprint density at radius 3 is 2.70 bits per heavy atom. The number of amides is 1. The zero-order chi connectivity index (χ0) is 14.8. The van der Waals surface area contributed by atoms with E-state index in [4.69, 9.17) is 0 Å². The van der Waals surface area contributed by atoms with Gasteiger partial charge in [-0.05, 0) is 24.5 Å². The summed E-state index contributed by atoms with van der Waals surface area (Å²) < 4.78 is 13.7. The van der Waals surface area contributed by atoms with Crippen LogP contribution in [0.25, 0.3) is 0 Å². The van der Waals surface area contributed by atoms with Gasteiger partial charge in [0.05, 0.1) is 0 Å². The Balaban J connectivity index is 2.13. The molecule has 1 amide bonds. The number of carbonyl (C=O) groups is 1. The highest BCUT2D eigenvalue weighted by molar-refractivity contribution is 6.08. The van der Waals surface area contributed by atoms with Crippen molar-refractivity contribution in [2.75, 3.05) is 6.54 Å². The number of nitrogens with one attached hydrogen (secondary N) is 2. The van der Waals surface area contributed by atoms with Crippen molar-refractivity contribution < 1.29 is 9.18 Å². The van der Waals surface area contributed by atoms with Gasteiger partial charge in [-0.2, -0.15) is 0 Å². The molecular formula is C15H20FN3O. The van der Waals surface area contributed by atoms with Gasteiger partial charge < -0.3 is 5.32 Å². The maximum atomic E-state index is 13.7. The fourth-order valence-corrected chi connectivity index (χ4v) is 2.09. The van der Waals surface area contributed by atoms with Crippen LogP contribution >= 0.6 is 0 Å². The van der Waals surface area contributed by atoms with Crippen molar-refractivity contribution in [2.24, 2.45) is 10.9 Å². The van der Waals surface area contributed by atoms with Gasteiger partial charge in [0, 0.05) is 13.0 Å². The van der Waals surface area contributed by atoms with E-state index in [9.17, 15) is 9.18 Å². The topological polar surface area (TPSA) is 53.5 Å². The second kappa shape index (κ2) is 5.61. The van der Waals surface area contributed by atoms with E-state index in [0.717, 1.165) is 0 Å². The van der Waals surface area contributed by atoms with E-state index in [2.05, 4.69) is 29.5 Å². The Bertz CT molecular complexity index is 542. The largest absolute Gasteiger partial charge is 0.342 e. The average Bonchev–Trinajstić information content (AvgIpc) is 2.66. The summed E-state index contributed by atoms with van der Waals surface area (Å²) in [5, 5.41) is 5.79. The summed E-state index contributed by atoms with van der Waals surface area (Å²) >= 11 is 0. The molecule has 1 unspecified atom stereocenters. The molecule has 1 aliphatic heterocycles. The van der Waals surface area contributed by atoms with E-state index in [1.165, 1.54) is 6.07 Å². The van der Waals surface area contributed by atoms with Crippen LogP contribution in [-0.4, -0.2) is 24.0 Å². The van der Waals surface area contributed by atoms with E-state index >= 15 is 0 Å². The molecule has 0 aliphatic carbocycles. The first-order valence-corrected chi connectivity index (χ1v) is 6.78. The van der Waals surface area contributed by atoms with Gasteiger partial charge in [-0.25, -0.2) is 4.39 Å². The standard InChI is InChI=1S/C15H20FN3O/c1-10(2)9-17-14-18-13(20)15(3,19-14)8-11-6-4-5-7-12(11)16/h4-7,10H,8-9H2,1-3H3,(H2,17,18,19,20). The van der Waals surface area contributed by atoms with Crippen LogP contribution in [0.4, 0.5) is 4.39 Å². The monoisotopic (exact) mass is 277 g/mol. The summed E-state index contributed by atoms with van der Waals surface area (Å²) in [7, 11) is 0. The fourth-order valence-electron chi connectivity index (χ4n) is 2.09. The highest BCUT2D eigenvalue weighted by Crippen LogP contribution is 2.19. The van der Waals surface area contributed by atoms with Gasteiger partial charge >= 0.3 is 0 Å². The fraction of sp³-hybridized carbons (Fsp3) is 0.467. The first-order valence-electron chi connectivity index (χ1n) is 6.78. The van der Waals surface area contributed by atoms with Crippen molar-refractivity contribution >= 4 is 11.9 Å². The van der Waals surface area contributed by atoms with Crippen molar-refractivity contribution in [3.05, 3.63) is 35.6 Å². The Labute approximate surface area is 118 Å². The van der Waals surface area contributed by atoms with E-state index in [1.807, 2.05) is 0 Å². The lowest BCUT2D eigenvalue weighted by atomic mass is 9.93. The molecule has 1 aromatic rings. The maximum Gasteiger partial charge on any atom is 0.252 e. The Morgan fingerprint density at radius 2 is 2.05 bits per heavy atom. The minimum Gasteiger partial charge on any atom is -0.342 e. The zero-order valence-electron chi connectivity index (χ0n) is 12.0. The summed E-state index contributed by atoms with van der Waals surface area (Å²) in [5.74, 6) is 0.418. The second-order valence-electron chi connectivity index (χ2n) is 5.76. The number of benzene rings is 1. The lowest BCUT2D eigenvalue weighted by Gasteiger charge is -2.21. The third kappa shape index (κ3) is 3.15. The molecule has 1 atom stereocenters. The number of hydrogen-bond acceptors (Lipinski definition) is 2. The Kier molecular flexibility index (Phi) is 4.06. The van der Waals surface area contributed by atoms with Gasteiger partial charge in [-0.15, -0.1) is 0 Å². The third-order valence-electron chi connectivity index (χ3n) is 3.24. The number of halogens is 1. The lowest BCUT2D eigenvalue weighted by molar-refractivity contribution is -0.123. The molecule has 0 bridgehead atoms. The minimum absolute atomic E-state index is 0.178. The molecule has 108 valence electrons. The van der Waals surface area contributed by atoms with Crippen LogP contribution in [0, 0.1) is 11.7 Å². The van der Waals surface area contributed by atoms with Crippen molar-refractivity contribution in [3.63, 3.8) is 0 Å². The van der Waals surface area contributed by atoms with Crippen molar-refractivity contribution in [1.82, 2.24) is 10.6 Å². The summed E-state index contributed by atoms with van der Waals surface area (Å²) in [6, 6.07) is 6.50. The van der Waals surface area contributed by atoms with E-state index in [1.54, 1.807) is 25.1 Å². The molecule has 0 radical (unpaired) electrons. The number of aliphatic imine (C=N–C) groups is 1. The Morgan fingerprint density at radius 1 is 1.35 bits per heavy atom. The summed E-state index contributed by atoms with van der Waals surface area (Å²) in [5.41, 5.74) is -0.347. The predicted molar refractivity (Wildman–Crippen MR) is 76.9 cm³/mol. The van der Waals surface area contributed by atoms with E-state index in [-0.39, 0.29) is 18.1 Å². The lowest BCUT2D eigenvalue weighted by Crippen LogP contribution is -2.46. The molecule has 20 heavy (non-hydrogen) atoms. The molecule has 0 aromatic heterocycles. The first kappa shape index (κ1) is 14.5. The molecule has 4 nitrogen and oxygen atoms in total. The zero-order valence-corrected chi connectivity index (χ0v) is 12.0. The van der Waals surface area contributed by atoms with Crippen LogP contribution in [0.5, 0.6) is 0 Å². The van der Waals surface area contributed by atoms with Crippen LogP contribution in [-0.2, 0) is 11.2 Å². The SMILES string of the molecule is CC(C)CN=C1NC(=O)C(C)(Cc2ccccc2F)N1. The second-order valence-corrected chi connectivity index (χ2v) is 5.76. The molecule has 1 heterocycles. The summed E-state index contributed by atoms with van der Waals surface area (Å²) in [4.78, 5) is 16.4.